The molecule has 0 aromatic heterocycles. The van der Waals surface area contributed by atoms with Gasteiger partial charge in [0.1, 0.15) is 0 Å². The summed E-state index contributed by atoms with van der Waals surface area (Å²) in [4.78, 5) is 21.9. The van der Waals surface area contributed by atoms with Gasteiger partial charge in [-0.05, 0) is 18.1 Å². The number of hydrogen-bond acceptors (Lipinski definition) is 5. The van der Waals surface area contributed by atoms with Crippen LogP contribution in [0.5, 0.6) is 11.5 Å². The summed E-state index contributed by atoms with van der Waals surface area (Å²) in [5.41, 5.74) is 0.471. The van der Waals surface area contributed by atoms with Crippen molar-refractivity contribution in [2.45, 2.75) is 6.42 Å². The van der Waals surface area contributed by atoms with Gasteiger partial charge < -0.3 is 14.8 Å². The number of rotatable bonds is 6. The van der Waals surface area contributed by atoms with Crippen molar-refractivity contribution in [2.75, 3.05) is 26.1 Å². The van der Waals surface area contributed by atoms with Gasteiger partial charge in [0.2, 0.25) is 10.9 Å². The third-order valence-electron chi connectivity index (χ3n) is 2.94. The Bertz CT molecular complexity index is 641. The zero-order valence-electron chi connectivity index (χ0n) is 10.9. The quantitative estimate of drug-likeness (QED) is 0.784. The third kappa shape index (κ3) is 2.59. The lowest BCUT2D eigenvalue weighted by molar-refractivity contribution is 0.352. The average Bonchev–Trinajstić information content (AvgIpc) is 2.45. The number of para-hydroxylation sites is 1. The van der Waals surface area contributed by atoms with E-state index in [0.717, 1.165) is 5.56 Å². The molecule has 0 bridgehead atoms. The molecule has 2 aromatic rings. The van der Waals surface area contributed by atoms with Crippen molar-refractivity contribution in [3.05, 3.63) is 50.3 Å². The van der Waals surface area contributed by atoms with Crippen LogP contribution in [0.4, 0.5) is 5.69 Å². The second-order valence-corrected chi connectivity index (χ2v) is 4.08. The van der Waals surface area contributed by atoms with Crippen molar-refractivity contribution >= 4 is 5.69 Å². The minimum atomic E-state index is -0.447. The molecule has 0 heterocycles. The zero-order chi connectivity index (χ0) is 13.8. The zero-order valence-corrected chi connectivity index (χ0v) is 10.9. The molecule has 0 fully saturated rings. The molecule has 0 aliphatic carbocycles. The summed E-state index contributed by atoms with van der Waals surface area (Å²) in [5.74, 6) is 1.37. The smallest absolute Gasteiger partial charge is 0.248 e. The highest BCUT2D eigenvalue weighted by atomic mass is 16.5. The second-order valence-electron chi connectivity index (χ2n) is 4.08. The number of anilines is 1. The normalized spacial score (nSPS) is 10.4. The molecular weight excluding hydrogens is 246 g/mol. The first-order chi connectivity index (χ1) is 9.17. The Kier molecular flexibility index (Phi) is 3.85. The van der Waals surface area contributed by atoms with Crippen molar-refractivity contribution in [3.63, 3.8) is 0 Å². The van der Waals surface area contributed by atoms with E-state index < -0.39 is 10.9 Å². The molecule has 0 unspecified atom stereocenters. The molecule has 5 heteroatoms. The molecular formula is C14H15NO4. The van der Waals surface area contributed by atoms with Gasteiger partial charge in [-0.15, -0.1) is 0 Å². The highest BCUT2D eigenvalue weighted by molar-refractivity contribution is 5.49. The highest BCUT2D eigenvalue weighted by Crippen LogP contribution is 2.30. The highest BCUT2D eigenvalue weighted by Gasteiger charge is 2.11. The van der Waals surface area contributed by atoms with Gasteiger partial charge in [-0.1, -0.05) is 12.1 Å². The Morgan fingerprint density at radius 2 is 1.95 bits per heavy atom. The van der Waals surface area contributed by atoms with E-state index in [2.05, 4.69) is 5.32 Å². The van der Waals surface area contributed by atoms with Gasteiger partial charge in [0.15, 0.2) is 11.5 Å². The fourth-order valence-corrected chi connectivity index (χ4v) is 1.93. The first-order valence-electron chi connectivity index (χ1n) is 5.91. The molecule has 2 aromatic carbocycles. The van der Waals surface area contributed by atoms with Crippen LogP contribution in [0.15, 0.2) is 33.9 Å². The molecule has 19 heavy (non-hydrogen) atoms. The van der Waals surface area contributed by atoms with E-state index in [4.69, 9.17) is 9.47 Å². The van der Waals surface area contributed by atoms with Crippen LogP contribution in [-0.4, -0.2) is 20.8 Å². The maximum absolute atomic E-state index is 11.1. The predicted molar refractivity (Wildman–Crippen MR) is 73.1 cm³/mol. The first-order valence-corrected chi connectivity index (χ1v) is 5.91. The predicted octanol–water partition coefficient (Wildman–Crippen LogP) is 0.954. The molecule has 0 spiro atoms. The van der Waals surface area contributed by atoms with E-state index in [9.17, 15) is 9.59 Å². The number of benzene rings is 1. The number of methoxy groups -OCH3 is 2. The monoisotopic (exact) mass is 261 g/mol. The Labute approximate surface area is 110 Å². The van der Waals surface area contributed by atoms with Crippen LogP contribution in [0.25, 0.3) is 0 Å². The van der Waals surface area contributed by atoms with Crippen LogP contribution < -0.4 is 25.6 Å². The van der Waals surface area contributed by atoms with Crippen LogP contribution in [0.2, 0.25) is 0 Å². The summed E-state index contributed by atoms with van der Waals surface area (Å²) in [7, 11) is 3.18. The lowest BCUT2D eigenvalue weighted by Gasteiger charge is -2.13. The van der Waals surface area contributed by atoms with Gasteiger partial charge >= 0.3 is 0 Å². The number of nitrogens with one attached hydrogen (secondary N) is 1. The summed E-state index contributed by atoms with van der Waals surface area (Å²) in [5, 5.41) is 2.93. The van der Waals surface area contributed by atoms with Gasteiger partial charge in [-0.2, -0.15) is 0 Å². The lowest BCUT2D eigenvalue weighted by atomic mass is 10.1. The molecule has 0 amide bonds. The molecule has 0 saturated carbocycles. The van der Waals surface area contributed by atoms with E-state index in [1.165, 1.54) is 6.07 Å². The molecule has 0 radical (unpaired) electrons. The summed E-state index contributed by atoms with van der Waals surface area (Å²) in [6.45, 7) is 0.550. The minimum Gasteiger partial charge on any atom is -0.493 e. The Morgan fingerprint density at radius 3 is 2.53 bits per heavy atom. The summed E-state index contributed by atoms with van der Waals surface area (Å²) < 4.78 is 10.5. The summed E-state index contributed by atoms with van der Waals surface area (Å²) in [6, 6.07) is 6.96. The van der Waals surface area contributed by atoms with Gasteiger partial charge in [-0.25, -0.2) is 0 Å². The van der Waals surface area contributed by atoms with Crippen LogP contribution in [0, 0.1) is 0 Å². The Balaban J connectivity index is 2.02. The Morgan fingerprint density at radius 1 is 1.16 bits per heavy atom. The topological polar surface area (TPSA) is 64.6 Å². The van der Waals surface area contributed by atoms with Crippen molar-refractivity contribution < 1.29 is 9.47 Å². The van der Waals surface area contributed by atoms with E-state index in [-0.39, 0.29) is 0 Å². The van der Waals surface area contributed by atoms with Gasteiger partial charge in [0, 0.05) is 12.6 Å². The second kappa shape index (κ2) is 5.56. The minimum absolute atomic E-state index is 0.381. The van der Waals surface area contributed by atoms with Gasteiger partial charge in [0.05, 0.1) is 19.9 Å². The Hall–Kier alpha value is -2.30. The van der Waals surface area contributed by atoms with Crippen molar-refractivity contribution in [3.8, 4) is 11.5 Å². The van der Waals surface area contributed by atoms with E-state index in [1.807, 2.05) is 18.2 Å². The van der Waals surface area contributed by atoms with E-state index in [1.54, 1.807) is 14.2 Å². The first kappa shape index (κ1) is 13.1. The SMILES string of the molecule is COc1cccc(CCNc2cc(=O)c2=O)c1OC. The molecule has 0 aliphatic rings. The number of ether oxygens (including phenoxy) is 2. The van der Waals surface area contributed by atoms with E-state index >= 15 is 0 Å². The van der Waals surface area contributed by atoms with Crippen molar-refractivity contribution in [1.82, 2.24) is 0 Å². The van der Waals surface area contributed by atoms with Crippen molar-refractivity contribution in [1.29, 1.82) is 0 Å². The van der Waals surface area contributed by atoms with Crippen LogP contribution >= 0.6 is 0 Å². The molecule has 0 saturated heterocycles. The molecule has 100 valence electrons. The molecule has 1 N–H and O–H groups in total. The standard InChI is InChI=1S/C14H15NO4/c1-18-12-5-3-4-9(14(12)19-2)6-7-15-10-8-11(16)13(10)17/h3-5,8,15H,6-7H2,1-2H3. The third-order valence-corrected chi connectivity index (χ3v) is 2.94. The average molecular weight is 261 g/mol. The van der Waals surface area contributed by atoms with Gasteiger partial charge in [0.25, 0.3) is 0 Å². The molecule has 0 aliphatic heterocycles. The van der Waals surface area contributed by atoms with E-state index in [0.29, 0.717) is 30.2 Å². The number of hydrogen-bond donors (Lipinski definition) is 1. The summed E-state index contributed by atoms with van der Waals surface area (Å²) >= 11 is 0. The molecule has 5 nitrogen and oxygen atoms in total. The molecule has 2 rings (SSSR count). The van der Waals surface area contributed by atoms with Crippen LogP contribution in [-0.2, 0) is 6.42 Å². The lowest BCUT2D eigenvalue weighted by Crippen LogP contribution is -2.32. The maximum atomic E-state index is 11.1. The fraction of sp³-hybridized carbons (Fsp3) is 0.286. The van der Waals surface area contributed by atoms with Crippen LogP contribution in [0.3, 0.4) is 0 Å². The van der Waals surface area contributed by atoms with Crippen LogP contribution in [0.1, 0.15) is 5.56 Å². The summed E-state index contributed by atoms with van der Waals surface area (Å²) in [6.07, 6.45) is 0.666. The fourth-order valence-electron chi connectivity index (χ4n) is 1.93. The molecule has 0 atom stereocenters. The maximum Gasteiger partial charge on any atom is 0.248 e. The van der Waals surface area contributed by atoms with Crippen molar-refractivity contribution in [2.24, 2.45) is 0 Å². The van der Waals surface area contributed by atoms with Gasteiger partial charge in [-0.3, -0.25) is 9.59 Å². The largest absolute Gasteiger partial charge is 0.493 e.